The van der Waals surface area contributed by atoms with E-state index in [0.717, 1.165) is 49.4 Å². The molecule has 0 aromatic carbocycles. The number of amides is 1. The highest BCUT2D eigenvalue weighted by atomic mass is 32.1. The standard InChI is InChI=1S/C18H27N5OS/c1-5-6-7-22-8-10-23(11-9-22)18(24)16-19-14-12-25-13(2)15(14)17(20-16)21(3)4/h12H,5-11H2,1-4H3. The fourth-order valence-electron chi connectivity index (χ4n) is 3.21. The summed E-state index contributed by atoms with van der Waals surface area (Å²) in [5.41, 5.74) is 0.867. The second-order valence-corrected chi connectivity index (χ2v) is 7.89. The zero-order valence-electron chi connectivity index (χ0n) is 15.6. The molecule has 136 valence electrons. The van der Waals surface area contributed by atoms with Crippen molar-refractivity contribution in [2.24, 2.45) is 0 Å². The van der Waals surface area contributed by atoms with Crippen molar-refractivity contribution in [3.05, 3.63) is 16.1 Å². The molecule has 1 aliphatic rings. The van der Waals surface area contributed by atoms with Gasteiger partial charge in [-0.15, -0.1) is 11.3 Å². The van der Waals surface area contributed by atoms with Crippen LogP contribution in [0.2, 0.25) is 0 Å². The Morgan fingerprint density at radius 2 is 1.96 bits per heavy atom. The lowest BCUT2D eigenvalue weighted by Gasteiger charge is -2.34. The molecule has 25 heavy (non-hydrogen) atoms. The number of unbranched alkanes of at least 4 members (excludes halogenated alkanes) is 1. The second kappa shape index (κ2) is 7.66. The maximum absolute atomic E-state index is 12.9. The van der Waals surface area contributed by atoms with E-state index in [2.05, 4.69) is 28.7 Å². The number of hydrogen-bond acceptors (Lipinski definition) is 6. The zero-order valence-corrected chi connectivity index (χ0v) is 16.4. The Labute approximate surface area is 153 Å². The van der Waals surface area contributed by atoms with Gasteiger partial charge in [-0.25, -0.2) is 9.97 Å². The molecule has 0 N–H and O–H groups in total. The first-order valence-corrected chi connectivity index (χ1v) is 9.84. The van der Waals surface area contributed by atoms with Gasteiger partial charge in [0, 0.05) is 50.5 Å². The molecule has 0 radical (unpaired) electrons. The molecule has 0 saturated carbocycles. The Bertz CT molecular complexity index is 749. The largest absolute Gasteiger partial charge is 0.362 e. The number of aromatic nitrogens is 2. The normalized spacial score (nSPS) is 15.8. The Hall–Kier alpha value is -1.73. The predicted octanol–water partition coefficient (Wildman–Crippen LogP) is 2.62. The minimum atomic E-state index is -0.0519. The topological polar surface area (TPSA) is 52.6 Å². The number of hydrogen-bond donors (Lipinski definition) is 0. The summed E-state index contributed by atoms with van der Waals surface area (Å²) in [7, 11) is 3.92. The highest BCUT2D eigenvalue weighted by Gasteiger charge is 2.25. The van der Waals surface area contributed by atoms with Crippen molar-refractivity contribution in [3.8, 4) is 0 Å². The molecule has 6 nitrogen and oxygen atoms in total. The number of carbonyl (C=O) groups is 1. The van der Waals surface area contributed by atoms with Gasteiger partial charge in [-0.05, 0) is 19.9 Å². The average molecular weight is 362 g/mol. The quantitative estimate of drug-likeness (QED) is 0.819. The first-order valence-electron chi connectivity index (χ1n) is 8.96. The van der Waals surface area contributed by atoms with Gasteiger partial charge in [0.2, 0.25) is 5.82 Å². The van der Waals surface area contributed by atoms with Gasteiger partial charge in [-0.2, -0.15) is 0 Å². The van der Waals surface area contributed by atoms with Gasteiger partial charge in [0.15, 0.2) is 0 Å². The van der Waals surface area contributed by atoms with Crippen molar-refractivity contribution < 1.29 is 4.79 Å². The molecule has 0 unspecified atom stereocenters. The third-order valence-electron chi connectivity index (χ3n) is 4.72. The molecule has 0 bridgehead atoms. The zero-order chi connectivity index (χ0) is 18.0. The predicted molar refractivity (Wildman–Crippen MR) is 104 cm³/mol. The third-order valence-corrected chi connectivity index (χ3v) is 5.62. The van der Waals surface area contributed by atoms with Crippen LogP contribution in [0.4, 0.5) is 5.82 Å². The van der Waals surface area contributed by atoms with Crippen molar-refractivity contribution in [3.63, 3.8) is 0 Å². The maximum atomic E-state index is 12.9. The third kappa shape index (κ3) is 3.77. The van der Waals surface area contributed by atoms with Gasteiger partial charge in [0.1, 0.15) is 5.82 Å². The number of rotatable bonds is 5. The first kappa shape index (κ1) is 18.1. The van der Waals surface area contributed by atoms with E-state index in [-0.39, 0.29) is 5.91 Å². The Morgan fingerprint density at radius 3 is 2.60 bits per heavy atom. The van der Waals surface area contributed by atoms with Crippen molar-refractivity contribution in [2.45, 2.75) is 26.7 Å². The number of nitrogens with zero attached hydrogens (tertiary/aromatic N) is 5. The molecular weight excluding hydrogens is 334 g/mol. The van der Waals surface area contributed by atoms with Crippen molar-refractivity contribution in [2.75, 3.05) is 51.7 Å². The molecule has 2 aromatic rings. The first-order chi connectivity index (χ1) is 12.0. The van der Waals surface area contributed by atoms with Gasteiger partial charge < -0.3 is 9.80 Å². The van der Waals surface area contributed by atoms with Crippen LogP contribution in [0.3, 0.4) is 0 Å². The van der Waals surface area contributed by atoms with E-state index in [1.807, 2.05) is 29.3 Å². The van der Waals surface area contributed by atoms with E-state index >= 15 is 0 Å². The van der Waals surface area contributed by atoms with Gasteiger partial charge in [0.25, 0.3) is 5.91 Å². The fraction of sp³-hybridized carbons (Fsp3) is 0.611. The number of carbonyl (C=O) groups excluding carboxylic acids is 1. The molecule has 7 heteroatoms. The minimum absolute atomic E-state index is 0.0519. The van der Waals surface area contributed by atoms with E-state index < -0.39 is 0 Å². The number of aryl methyl sites for hydroxylation is 1. The van der Waals surface area contributed by atoms with Crippen LogP contribution in [0, 0.1) is 6.92 Å². The summed E-state index contributed by atoms with van der Waals surface area (Å²) in [6, 6.07) is 0. The van der Waals surface area contributed by atoms with E-state index in [0.29, 0.717) is 5.82 Å². The molecule has 0 spiro atoms. The molecular formula is C18H27N5OS. The van der Waals surface area contributed by atoms with Gasteiger partial charge in [-0.3, -0.25) is 9.69 Å². The smallest absolute Gasteiger partial charge is 0.291 e. The fourth-order valence-corrected chi connectivity index (χ4v) is 3.98. The van der Waals surface area contributed by atoms with Gasteiger partial charge in [-0.1, -0.05) is 13.3 Å². The van der Waals surface area contributed by atoms with Crippen LogP contribution in [0.15, 0.2) is 5.38 Å². The van der Waals surface area contributed by atoms with E-state index in [4.69, 9.17) is 0 Å². The summed E-state index contributed by atoms with van der Waals surface area (Å²) < 4.78 is 0. The Kier molecular flexibility index (Phi) is 5.54. The van der Waals surface area contributed by atoms with Crippen LogP contribution in [0.25, 0.3) is 10.9 Å². The molecule has 1 fully saturated rings. The van der Waals surface area contributed by atoms with E-state index in [9.17, 15) is 4.79 Å². The van der Waals surface area contributed by atoms with Crippen LogP contribution < -0.4 is 4.90 Å². The van der Waals surface area contributed by atoms with Crippen LogP contribution in [0.5, 0.6) is 0 Å². The van der Waals surface area contributed by atoms with Gasteiger partial charge >= 0.3 is 0 Å². The van der Waals surface area contributed by atoms with Crippen molar-refractivity contribution >= 4 is 34.0 Å². The Balaban J connectivity index is 1.79. The molecule has 0 atom stereocenters. The van der Waals surface area contributed by atoms with Crippen LogP contribution >= 0.6 is 11.3 Å². The number of fused-ring (bicyclic) bond motifs is 1. The van der Waals surface area contributed by atoms with Crippen molar-refractivity contribution in [1.29, 1.82) is 0 Å². The summed E-state index contributed by atoms with van der Waals surface area (Å²) >= 11 is 1.65. The number of anilines is 1. The molecule has 0 aliphatic carbocycles. The SMILES string of the molecule is CCCCN1CCN(C(=O)c2nc(N(C)C)c3c(C)scc3n2)CC1. The second-order valence-electron chi connectivity index (χ2n) is 6.80. The van der Waals surface area contributed by atoms with Crippen LogP contribution in [-0.4, -0.2) is 72.5 Å². The lowest BCUT2D eigenvalue weighted by atomic mass is 10.2. The average Bonchev–Trinajstić information content (AvgIpc) is 3.00. The van der Waals surface area contributed by atoms with Crippen LogP contribution in [-0.2, 0) is 0 Å². The molecule has 3 heterocycles. The molecule has 1 saturated heterocycles. The highest BCUT2D eigenvalue weighted by Crippen LogP contribution is 2.30. The maximum Gasteiger partial charge on any atom is 0.291 e. The van der Waals surface area contributed by atoms with Gasteiger partial charge in [0.05, 0.1) is 10.9 Å². The minimum Gasteiger partial charge on any atom is -0.362 e. The van der Waals surface area contributed by atoms with E-state index in [1.54, 1.807) is 11.3 Å². The van der Waals surface area contributed by atoms with Crippen molar-refractivity contribution in [1.82, 2.24) is 19.8 Å². The summed E-state index contributed by atoms with van der Waals surface area (Å²) in [6.07, 6.45) is 2.43. The molecule has 1 amide bonds. The van der Waals surface area contributed by atoms with E-state index in [1.165, 1.54) is 17.7 Å². The van der Waals surface area contributed by atoms with Crippen LogP contribution in [0.1, 0.15) is 35.3 Å². The molecule has 2 aromatic heterocycles. The number of piperazine rings is 1. The summed E-state index contributed by atoms with van der Waals surface area (Å²) in [4.78, 5) is 29.5. The Morgan fingerprint density at radius 1 is 1.24 bits per heavy atom. The molecule has 3 rings (SSSR count). The number of thiophene rings is 1. The molecule has 1 aliphatic heterocycles. The summed E-state index contributed by atoms with van der Waals surface area (Å²) in [6.45, 7) is 8.79. The lowest BCUT2D eigenvalue weighted by Crippen LogP contribution is -2.49. The lowest BCUT2D eigenvalue weighted by molar-refractivity contribution is 0.0624. The highest BCUT2D eigenvalue weighted by molar-refractivity contribution is 7.11. The summed E-state index contributed by atoms with van der Waals surface area (Å²) in [5.74, 6) is 1.09. The monoisotopic (exact) mass is 361 g/mol. The summed E-state index contributed by atoms with van der Waals surface area (Å²) in [5, 5.41) is 3.06.